The molecule has 3 aromatic rings. The highest BCUT2D eigenvalue weighted by Crippen LogP contribution is 2.21. The van der Waals surface area contributed by atoms with Crippen molar-refractivity contribution in [3.8, 4) is 0 Å². The fraction of sp³-hybridized carbons (Fsp3) is 0.381. The minimum Gasteiger partial charge on any atom is -0.347 e. The lowest BCUT2D eigenvalue weighted by atomic mass is 9.90. The van der Waals surface area contributed by atoms with Crippen LogP contribution < -0.4 is 5.32 Å². The zero-order valence-corrected chi connectivity index (χ0v) is 16.2. The van der Waals surface area contributed by atoms with Gasteiger partial charge in [-0.05, 0) is 36.8 Å². The average Bonchev–Trinajstić information content (AvgIpc) is 3.15. The van der Waals surface area contributed by atoms with E-state index >= 15 is 0 Å². The van der Waals surface area contributed by atoms with Crippen molar-refractivity contribution in [2.24, 2.45) is 5.92 Å². The number of fused-ring (bicyclic) bond motifs is 1. The molecule has 0 bridgehead atoms. The molecule has 1 aromatic carbocycles. The summed E-state index contributed by atoms with van der Waals surface area (Å²) in [6, 6.07) is 12.2. The maximum Gasteiger partial charge on any atom is 0.252 e. The quantitative estimate of drug-likeness (QED) is 0.682. The SMILES string of the molecule is O=C(Cc1nc2ncccn2n1)NCC(=O)N1CCC(Cc2ccccc2)CC1. The number of hydrogen-bond donors (Lipinski definition) is 1. The lowest BCUT2D eigenvalue weighted by Gasteiger charge is -2.32. The average molecular weight is 392 g/mol. The van der Waals surface area contributed by atoms with Crippen LogP contribution >= 0.6 is 0 Å². The van der Waals surface area contributed by atoms with E-state index in [1.54, 1.807) is 18.5 Å². The maximum absolute atomic E-state index is 12.4. The van der Waals surface area contributed by atoms with E-state index < -0.39 is 0 Å². The van der Waals surface area contributed by atoms with Crippen LogP contribution in [0.25, 0.3) is 5.78 Å². The Balaban J connectivity index is 1.20. The number of likely N-dealkylation sites (tertiary alicyclic amines) is 1. The second kappa shape index (κ2) is 8.81. The predicted molar refractivity (Wildman–Crippen MR) is 107 cm³/mol. The predicted octanol–water partition coefficient (Wildman–Crippen LogP) is 1.26. The van der Waals surface area contributed by atoms with Gasteiger partial charge in [0.1, 0.15) is 0 Å². The fourth-order valence-corrected chi connectivity index (χ4v) is 3.68. The van der Waals surface area contributed by atoms with E-state index in [4.69, 9.17) is 0 Å². The Morgan fingerprint density at radius 2 is 1.90 bits per heavy atom. The van der Waals surface area contributed by atoms with E-state index in [0.717, 1.165) is 32.4 Å². The molecule has 8 heteroatoms. The molecule has 150 valence electrons. The summed E-state index contributed by atoms with van der Waals surface area (Å²) in [5.41, 5.74) is 1.35. The Bertz CT molecular complexity index is 946. The van der Waals surface area contributed by atoms with Gasteiger partial charge in [0.25, 0.3) is 5.78 Å². The third kappa shape index (κ3) is 4.96. The first-order chi connectivity index (χ1) is 14.2. The van der Waals surface area contributed by atoms with Crippen molar-refractivity contribution < 1.29 is 9.59 Å². The molecule has 0 spiro atoms. The van der Waals surface area contributed by atoms with Crippen LogP contribution in [-0.4, -0.2) is 55.9 Å². The van der Waals surface area contributed by atoms with Gasteiger partial charge in [-0.15, -0.1) is 5.10 Å². The molecule has 3 heterocycles. The van der Waals surface area contributed by atoms with Crippen LogP contribution in [0.3, 0.4) is 0 Å². The monoisotopic (exact) mass is 392 g/mol. The summed E-state index contributed by atoms with van der Waals surface area (Å²) in [5.74, 6) is 1.13. The smallest absolute Gasteiger partial charge is 0.252 e. The first-order valence-corrected chi connectivity index (χ1v) is 9.92. The van der Waals surface area contributed by atoms with E-state index in [1.807, 2.05) is 11.0 Å². The summed E-state index contributed by atoms with van der Waals surface area (Å²) in [7, 11) is 0. The Labute approximate surface area is 169 Å². The molecule has 0 unspecified atom stereocenters. The third-order valence-electron chi connectivity index (χ3n) is 5.25. The molecule has 4 rings (SSSR count). The van der Waals surface area contributed by atoms with Gasteiger partial charge in [0.15, 0.2) is 5.82 Å². The number of aromatic nitrogens is 4. The van der Waals surface area contributed by atoms with Gasteiger partial charge in [-0.25, -0.2) is 9.50 Å². The van der Waals surface area contributed by atoms with Gasteiger partial charge in [-0.1, -0.05) is 30.3 Å². The summed E-state index contributed by atoms with van der Waals surface area (Å²) in [4.78, 5) is 34.7. The molecule has 0 saturated carbocycles. The topological polar surface area (TPSA) is 92.5 Å². The second-order valence-corrected chi connectivity index (χ2v) is 7.36. The molecule has 0 atom stereocenters. The molecule has 2 amide bonds. The lowest BCUT2D eigenvalue weighted by Crippen LogP contribution is -2.44. The summed E-state index contributed by atoms with van der Waals surface area (Å²) in [6.45, 7) is 1.49. The van der Waals surface area contributed by atoms with E-state index in [-0.39, 0.29) is 24.8 Å². The van der Waals surface area contributed by atoms with Gasteiger partial charge in [0.2, 0.25) is 11.8 Å². The minimum atomic E-state index is -0.270. The molecular weight excluding hydrogens is 368 g/mol. The fourth-order valence-electron chi connectivity index (χ4n) is 3.68. The van der Waals surface area contributed by atoms with Gasteiger partial charge >= 0.3 is 0 Å². The number of hydrogen-bond acceptors (Lipinski definition) is 5. The zero-order chi connectivity index (χ0) is 20.1. The van der Waals surface area contributed by atoms with Gasteiger partial charge < -0.3 is 10.2 Å². The maximum atomic E-state index is 12.4. The number of piperidine rings is 1. The molecule has 1 aliphatic heterocycles. The van der Waals surface area contributed by atoms with Gasteiger partial charge in [-0.3, -0.25) is 9.59 Å². The number of amides is 2. The molecule has 0 radical (unpaired) electrons. The Hall–Kier alpha value is -3.29. The first kappa shape index (κ1) is 19.0. The molecular formula is C21H24N6O2. The number of rotatable bonds is 6. The van der Waals surface area contributed by atoms with E-state index in [1.165, 1.54) is 10.1 Å². The van der Waals surface area contributed by atoms with Crippen LogP contribution in [0.1, 0.15) is 24.2 Å². The summed E-state index contributed by atoms with van der Waals surface area (Å²) < 4.78 is 1.52. The van der Waals surface area contributed by atoms with Crippen molar-refractivity contribution in [3.05, 3.63) is 60.2 Å². The summed E-state index contributed by atoms with van der Waals surface area (Å²) in [5, 5.41) is 6.88. The molecule has 1 saturated heterocycles. The molecule has 1 fully saturated rings. The molecule has 8 nitrogen and oxygen atoms in total. The van der Waals surface area contributed by atoms with E-state index in [0.29, 0.717) is 17.5 Å². The standard InChI is InChI=1S/C21H24N6O2/c28-19(14-18-24-21-22-9-4-10-27(21)25-18)23-15-20(29)26-11-7-17(8-12-26)13-16-5-2-1-3-6-16/h1-6,9-10,17H,7-8,11-15H2,(H,23,28). The Morgan fingerprint density at radius 1 is 1.10 bits per heavy atom. The normalized spacial score (nSPS) is 14.8. The van der Waals surface area contributed by atoms with Crippen molar-refractivity contribution in [2.75, 3.05) is 19.6 Å². The molecule has 29 heavy (non-hydrogen) atoms. The van der Waals surface area contributed by atoms with Crippen LogP contribution in [0.5, 0.6) is 0 Å². The largest absolute Gasteiger partial charge is 0.347 e. The highest BCUT2D eigenvalue weighted by molar-refractivity contribution is 5.85. The number of carbonyl (C=O) groups is 2. The van der Waals surface area contributed by atoms with Crippen LogP contribution in [-0.2, 0) is 22.4 Å². The van der Waals surface area contributed by atoms with Crippen LogP contribution in [0.4, 0.5) is 0 Å². The molecule has 0 aliphatic carbocycles. The number of carbonyl (C=O) groups excluding carboxylic acids is 2. The van der Waals surface area contributed by atoms with Crippen LogP contribution in [0, 0.1) is 5.92 Å². The van der Waals surface area contributed by atoms with Gasteiger partial charge in [0.05, 0.1) is 13.0 Å². The van der Waals surface area contributed by atoms with Crippen molar-refractivity contribution in [2.45, 2.75) is 25.7 Å². The summed E-state index contributed by atoms with van der Waals surface area (Å²) >= 11 is 0. The minimum absolute atomic E-state index is 0.00774. The summed E-state index contributed by atoms with van der Waals surface area (Å²) in [6.07, 6.45) is 6.41. The van der Waals surface area contributed by atoms with Crippen molar-refractivity contribution in [3.63, 3.8) is 0 Å². The number of nitrogens with zero attached hydrogens (tertiary/aromatic N) is 5. The van der Waals surface area contributed by atoms with E-state index in [2.05, 4.69) is 44.6 Å². The molecule has 1 aliphatic rings. The van der Waals surface area contributed by atoms with Crippen molar-refractivity contribution in [1.29, 1.82) is 0 Å². The highest BCUT2D eigenvalue weighted by Gasteiger charge is 2.23. The molecule has 2 aromatic heterocycles. The third-order valence-corrected chi connectivity index (χ3v) is 5.25. The van der Waals surface area contributed by atoms with Crippen molar-refractivity contribution >= 4 is 17.6 Å². The Kier molecular flexibility index (Phi) is 5.79. The Morgan fingerprint density at radius 3 is 2.66 bits per heavy atom. The highest BCUT2D eigenvalue weighted by atomic mass is 16.2. The van der Waals surface area contributed by atoms with Gasteiger partial charge in [0, 0.05) is 25.5 Å². The zero-order valence-electron chi connectivity index (χ0n) is 16.2. The van der Waals surface area contributed by atoms with Crippen LogP contribution in [0.2, 0.25) is 0 Å². The van der Waals surface area contributed by atoms with Crippen LogP contribution in [0.15, 0.2) is 48.8 Å². The number of benzene rings is 1. The second-order valence-electron chi connectivity index (χ2n) is 7.36. The molecule has 1 N–H and O–H groups in total. The van der Waals surface area contributed by atoms with Crippen molar-refractivity contribution in [1.82, 2.24) is 29.8 Å². The van der Waals surface area contributed by atoms with Gasteiger partial charge in [-0.2, -0.15) is 4.98 Å². The first-order valence-electron chi connectivity index (χ1n) is 9.92. The van der Waals surface area contributed by atoms with E-state index in [9.17, 15) is 9.59 Å². The number of nitrogens with one attached hydrogen (secondary N) is 1. The lowest BCUT2D eigenvalue weighted by molar-refractivity contribution is -0.133.